The molecule has 0 spiro atoms. The zero-order valence-corrected chi connectivity index (χ0v) is 9.98. The fraction of sp³-hybridized carbons (Fsp3) is 0.750. The Balaban J connectivity index is 2.31. The lowest BCUT2D eigenvalue weighted by Gasteiger charge is -2.06. The van der Waals surface area contributed by atoms with Gasteiger partial charge in [-0.1, -0.05) is 6.92 Å². The van der Waals surface area contributed by atoms with E-state index in [1.54, 1.807) is 0 Å². The lowest BCUT2D eigenvalue weighted by Crippen LogP contribution is -2.05. The summed E-state index contributed by atoms with van der Waals surface area (Å²) in [5.74, 6) is 0. The molecule has 15 heavy (non-hydrogen) atoms. The van der Waals surface area contributed by atoms with Crippen LogP contribution in [-0.4, -0.2) is 21.0 Å². The lowest BCUT2D eigenvalue weighted by molar-refractivity contribution is 0.157. The van der Waals surface area contributed by atoms with E-state index in [9.17, 15) is 5.11 Å². The number of rotatable bonds is 6. The largest absolute Gasteiger partial charge is 0.393 e. The summed E-state index contributed by atoms with van der Waals surface area (Å²) in [5, 5.41) is 13.9. The first-order valence-corrected chi connectivity index (χ1v) is 5.85. The van der Waals surface area contributed by atoms with E-state index in [1.165, 1.54) is 0 Å². The van der Waals surface area contributed by atoms with Crippen LogP contribution in [0.3, 0.4) is 0 Å². The third-order valence-electron chi connectivity index (χ3n) is 2.63. The number of aliphatic hydroxyl groups excluding tert-OH is 1. The van der Waals surface area contributed by atoms with Gasteiger partial charge >= 0.3 is 0 Å². The zero-order chi connectivity index (χ0) is 11.3. The molecule has 0 bridgehead atoms. The maximum absolute atomic E-state index is 9.40. The molecule has 1 atom stereocenters. The molecule has 0 aliphatic rings. The van der Waals surface area contributed by atoms with Crippen molar-refractivity contribution in [1.82, 2.24) is 9.78 Å². The van der Waals surface area contributed by atoms with E-state index >= 15 is 0 Å². The minimum atomic E-state index is -0.141. The molecule has 3 heteroatoms. The molecule has 3 nitrogen and oxygen atoms in total. The standard InChI is InChI=1S/C12H22N2O/c1-4-12(15)7-5-6-11-8-9-14(13-11)10(2)3/h8-10,12,15H,4-7H2,1-3H3. The SMILES string of the molecule is CCC(O)CCCc1ccn(C(C)C)n1. The highest BCUT2D eigenvalue weighted by atomic mass is 16.3. The molecule has 0 aromatic carbocycles. The topological polar surface area (TPSA) is 38.0 Å². The van der Waals surface area contributed by atoms with Gasteiger partial charge < -0.3 is 5.11 Å². The Bertz CT molecular complexity index is 281. The summed E-state index contributed by atoms with van der Waals surface area (Å²) < 4.78 is 1.98. The van der Waals surface area contributed by atoms with Gasteiger partial charge in [-0.2, -0.15) is 5.10 Å². The summed E-state index contributed by atoms with van der Waals surface area (Å²) in [6.07, 6.45) is 5.60. The Morgan fingerprint density at radius 3 is 2.73 bits per heavy atom. The van der Waals surface area contributed by atoms with Crippen LogP contribution in [0.25, 0.3) is 0 Å². The minimum Gasteiger partial charge on any atom is -0.393 e. The average Bonchev–Trinajstić information content (AvgIpc) is 2.66. The second-order valence-electron chi connectivity index (χ2n) is 4.34. The summed E-state index contributed by atoms with van der Waals surface area (Å²) in [4.78, 5) is 0. The fourth-order valence-corrected chi connectivity index (χ4v) is 1.52. The van der Waals surface area contributed by atoms with Gasteiger partial charge in [0.1, 0.15) is 0 Å². The molecular weight excluding hydrogens is 188 g/mol. The first-order chi connectivity index (χ1) is 7.13. The number of aliphatic hydroxyl groups is 1. The quantitative estimate of drug-likeness (QED) is 0.783. The Hall–Kier alpha value is -0.830. The molecule has 1 aromatic heterocycles. The first-order valence-electron chi connectivity index (χ1n) is 5.85. The number of aromatic nitrogens is 2. The van der Waals surface area contributed by atoms with E-state index in [1.807, 2.05) is 17.8 Å². The third kappa shape index (κ3) is 4.04. The van der Waals surface area contributed by atoms with Crippen LogP contribution in [0.2, 0.25) is 0 Å². The molecule has 0 saturated heterocycles. The van der Waals surface area contributed by atoms with Crippen LogP contribution in [0.4, 0.5) is 0 Å². The van der Waals surface area contributed by atoms with Gasteiger partial charge in [-0.15, -0.1) is 0 Å². The Kier molecular flexibility index (Phi) is 4.82. The smallest absolute Gasteiger partial charge is 0.0624 e. The molecule has 0 radical (unpaired) electrons. The van der Waals surface area contributed by atoms with Gasteiger partial charge in [0.15, 0.2) is 0 Å². The monoisotopic (exact) mass is 210 g/mol. The molecule has 1 heterocycles. The van der Waals surface area contributed by atoms with E-state index in [-0.39, 0.29) is 6.10 Å². The third-order valence-corrected chi connectivity index (χ3v) is 2.63. The van der Waals surface area contributed by atoms with E-state index in [2.05, 4.69) is 25.0 Å². The summed E-state index contributed by atoms with van der Waals surface area (Å²) in [5.41, 5.74) is 1.13. The molecule has 0 aliphatic heterocycles. The molecule has 1 rings (SSSR count). The molecule has 0 saturated carbocycles. The maximum atomic E-state index is 9.40. The van der Waals surface area contributed by atoms with Gasteiger partial charge in [-0.25, -0.2) is 0 Å². The normalized spacial score (nSPS) is 13.4. The summed E-state index contributed by atoms with van der Waals surface area (Å²) in [7, 11) is 0. The van der Waals surface area contributed by atoms with E-state index in [0.717, 1.165) is 31.4 Å². The summed E-state index contributed by atoms with van der Waals surface area (Å²) in [6.45, 7) is 6.26. The van der Waals surface area contributed by atoms with Gasteiger partial charge in [0.05, 0.1) is 11.8 Å². The molecule has 1 unspecified atom stereocenters. The Labute approximate surface area is 92.1 Å². The van der Waals surface area contributed by atoms with Crippen LogP contribution in [0, 0.1) is 0 Å². The molecule has 0 aliphatic carbocycles. The van der Waals surface area contributed by atoms with Crippen molar-refractivity contribution in [1.29, 1.82) is 0 Å². The van der Waals surface area contributed by atoms with Crippen LogP contribution in [0.5, 0.6) is 0 Å². The van der Waals surface area contributed by atoms with Crippen LogP contribution in [0.15, 0.2) is 12.3 Å². The Morgan fingerprint density at radius 2 is 2.20 bits per heavy atom. The van der Waals surface area contributed by atoms with E-state index < -0.39 is 0 Å². The van der Waals surface area contributed by atoms with Crippen LogP contribution < -0.4 is 0 Å². The van der Waals surface area contributed by atoms with Gasteiger partial charge in [-0.3, -0.25) is 4.68 Å². The summed E-state index contributed by atoms with van der Waals surface area (Å²) in [6, 6.07) is 2.50. The second kappa shape index (κ2) is 5.91. The number of hydrogen-bond acceptors (Lipinski definition) is 2. The molecule has 0 amide bonds. The number of aryl methyl sites for hydroxylation is 1. The molecule has 0 fully saturated rings. The van der Waals surface area contributed by atoms with Crippen molar-refractivity contribution in [3.05, 3.63) is 18.0 Å². The first kappa shape index (κ1) is 12.2. The van der Waals surface area contributed by atoms with Crippen LogP contribution in [0.1, 0.15) is 51.8 Å². The minimum absolute atomic E-state index is 0.141. The zero-order valence-electron chi connectivity index (χ0n) is 9.98. The fourth-order valence-electron chi connectivity index (χ4n) is 1.52. The van der Waals surface area contributed by atoms with Crippen molar-refractivity contribution >= 4 is 0 Å². The van der Waals surface area contributed by atoms with Gasteiger partial charge in [0.2, 0.25) is 0 Å². The maximum Gasteiger partial charge on any atom is 0.0624 e. The number of hydrogen-bond donors (Lipinski definition) is 1. The highest BCUT2D eigenvalue weighted by Crippen LogP contribution is 2.09. The van der Waals surface area contributed by atoms with Crippen molar-refractivity contribution in [2.45, 2.75) is 58.6 Å². The van der Waals surface area contributed by atoms with Crippen LogP contribution >= 0.6 is 0 Å². The van der Waals surface area contributed by atoms with Gasteiger partial charge in [0, 0.05) is 12.2 Å². The van der Waals surface area contributed by atoms with Crippen molar-refractivity contribution in [2.75, 3.05) is 0 Å². The highest BCUT2D eigenvalue weighted by Gasteiger charge is 2.04. The Morgan fingerprint density at radius 1 is 1.47 bits per heavy atom. The van der Waals surface area contributed by atoms with Crippen LogP contribution in [-0.2, 0) is 6.42 Å². The van der Waals surface area contributed by atoms with Crippen molar-refractivity contribution in [2.24, 2.45) is 0 Å². The average molecular weight is 210 g/mol. The van der Waals surface area contributed by atoms with Gasteiger partial charge in [0.25, 0.3) is 0 Å². The predicted molar refractivity (Wildman–Crippen MR) is 61.8 cm³/mol. The number of nitrogens with zero attached hydrogens (tertiary/aromatic N) is 2. The van der Waals surface area contributed by atoms with Gasteiger partial charge in [-0.05, 0) is 45.6 Å². The van der Waals surface area contributed by atoms with Crippen molar-refractivity contribution < 1.29 is 5.11 Å². The molecule has 1 N–H and O–H groups in total. The predicted octanol–water partition coefficient (Wildman–Crippen LogP) is 2.56. The highest BCUT2D eigenvalue weighted by molar-refractivity contribution is 4.99. The van der Waals surface area contributed by atoms with E-state index in [4.69, 9.17) is 0 Å². The second-order valence-corrected chi connectivity index (χ2v) is 4.34. The molecular formula is C12H22N2O. The lowest BCUT2D eigenvalue weighted by atomic mass is 10.1. The molecule has 1 aromatic rings. The van der Waals surface area contributed by atoms with Crippen molar-refractivity contribution in [3.8, 4) is 0 Å². The van der Waals surface area contributed by atoms with E-state index in [0.29, 0.717) is 6.04 Å². The van der Waals surface area contributed by atoms with Crippen molar-refractivity contribution in [3.63, 3.8) is 0 Å². The summed E-state index contributed by atoms with van der Waals surface area (Å²) >= 11 is 0. The molecule has 86 valence electrons.